The van der Waals surface area contributed by atoms with Crippen molar-refractivity contribution in [3.8, 4) is 0 Å². The molecule has 0 aromatic carbocycles. The largest absolute Gasteiger partial charge is 0.481 e. The molecule has 2 heterocycles. The lowest BCUT2D eigenvalue weighted by Gasteiger charge is -2.28. The summed E-state index contributed by atoms with van der Waals surface area (Å²) in [6, 6.07) is 0. The van der Waals surface area contributed by atoms with Gasteiger partial charge < -0.3 is 20.5 Å². The summed E-state index contributed by atoms with van der Waals surface area (Å²) in [6.45, 7) is 3.09. The Morgan fingerprint density at radius 2 is 1.66 bits per heavy atom. The fourth-order valence-corrected chi connectivity index (χ4v) is 4.88. The normalized spacial score (nSPS) is 25.1. The fraction of sp³-hybridized carbons (Fsp3) is 0.864. The number of thiocarbonyl (C=S) groups is 1. The predicted molar refractivity (Wildman–Crippen MR) is 118 cm³/mol. The van der Waals surface area contributed by atoms with Crippen LogP contribution in [-0.2, 0) is 14.3 Å². The third-order valence-electron chi connectivity index (χ3n) is 6.26. The van der Waals surface area contributed by atoms with E-state index in [1.165, 1.54) is 6.42 Å². The van der Waals surface area contributed by atoms with E-state index in [0.29, 0.717) is 24.5 Å². The first-order chi connectivity index (χ1) is 14.0. The number of carboxylic acid groups (broad SMARTS) is 1. The summed E-state index contributed by atoms with van der Waals surface area (Å²) in [5.41, 5.74) is 0. The lowest BCUT2D eigenvalue weighted by atomic mass is 9.76. The van der Waals surface area contributed by atoms with Crippen LogP contribution in [0.3, 0.4) is 0 Å². The lowest BCUT2D eigenvalue weighted by molar-refractivity contribution is -0.137. The number of carbonyl (C=O) groups is 2. The van der Waals surface area contributed by atoms with E-state index < -0.39 is 5.97 Å². The highest BCUT2D eigenvalue weighted by Crippen LogP contribution is 2.45. The first-order valence-electron chi connectivity index (χ1n) is 11.4. The van der Waals surface area contributed by atoms with Crippen LogP contribution in [0.5, 0.6) is 0 Å². The minimum absolute atomic E-state index is 0.00182. The van der Waals surface area contributed by atoms with Gasteiger partial charge in [0.25, 0.3) is 0 Å². The second kappa shape index (κ2) is 13.2. The van der Waals surface area contributed by atoms with Gasteiger partial charge in [0.1, 0.15) is 0 Å². The Morgan fingerprint density at radius 1 is 0.966 bits per heavy atom. The van der Waals surface area contributed by atoms with Gasteiger partial charge in [-0.1, -0.05) is 51.2 Å². The van der Waals surface area contributed by atoms with Gasteiger partial charge in [-0.2, -0.15) is 0 Å². The van der Waals surface area contributed by atoms with Crippen molar-refractivity contribution < 1.29 is 19.4 Å². The molecule has 0 saturated carbocycles. The molecule has 2 aliphatic heterocycles. The molecule has 2 fully saturated rings. The number of aliphatic carboxylic acids is 1. The first-order valence-corrected chi connectivity index (χ1v) is 11.8. The maximum atomic E-state index is 12.2. The number of hydrogen-bond donors (Lipinski definition) is 3. The molecule has 0 aromatic heterocycles. The van der Waals surface area contributed by atoms with Crippen LogP contribution in [0.4, 0.5) is 0 Å². The van der Waals surface area contributed by atoms with Gasteiger partial charge in [0.15, 0.2) is 0 Å². The summed E-state index contributed by atoms with van der Waals surface area (Å²) in [7, 11) is 0. The second-order valence-electron chi connectivity index (χ2n) is 8.50. The van der Waals surface area contributed by atoms with Crippen molar-refractivity contribution in [1.29, 1.82) is 0 Å². The Morgan fingerprint density at radius 3 is 2.38 bits per heavy atom. The maximum Gasteiger partial charge on any atom is 0.303 e. The quantitative estimate of drug-likeness (QED) is 0.273. The number of carboxylic acids is 1. The van der Waals surface area contributed by atoms with Crippen LogP contribution >= 0.6 is 12.2 Å². The molecule has 7 heteroatoms. The van der Waals surface area contributed by atoms with Crippen LogP contribution < -0.4 is 10.6 Å². The number of rotatable bonds is 15. The number of ether oxygens (including phenoxy) is 1. The SMILES string of the molecule is CCCCCC(=S)NCC(=O)NC[C@H]1[C@@H](CCCCCCC(=O)O)[C@H]2CC[C@@H]1O2. The van der Waals surface area contributed by atoms with Crippen molar-refractivity contribution in [3.05, 3.63) is 0 Å². The summed E-state index contributed by atoms with van der Waals surface area (Å²) in [5, 5.41) is 14.9. The highest BCUT2D eigenvalue weighted by molar-refractivity contribution is 7.80. The minimum atomic E-state index is -0.710. The van der Waals surface area contributed by atoms with Crippen LogP contribution in [0, 0.1) is 11.8 Å². The fourth-order valence-electron chi connectivity index (χ4n) is 4.66. The molecule has 2 bridgehead atoms. The van der Waals surface area contributed by atoms with E-state index in [1.807, 2.05) is 0 Å². The molecule has 4 atom stereocenters. The van der Waals surface area contributed by atoms with Crippen LogP contribution in [0.25, 0.3) is 0 Å². The van der Waals surface area contributed by atoms with E-state index in [-0.39, 0.29) is 25.0 Å². The molecule has 0 unspecified atom stereocenters. The number of fused-ring (bicyclic) bond motifs is 2. The Bertz CT molecular complexity index is 543. The summed E-state index contributed by atoms with van der Waals surface area (Å²) >= 11 is 5.29. The van der Waals surface area contributed by atoms with Crippen molar-refractivity contribution in [3.63, 3.8) is 0 Å². The molecule has 29 heavy (non-hydrogen) atoms. The van der Waals surface area contributed by atoms with E-state index in [1.54, 1.807) is 0 Å². The smallest absolute Gasteiger partial charge is 0.303 e. The third-order valence-corrected chi connectivity index (χ3v) is 6.61. The zero-order valence-corrected chi connectivity index (χ0v) is 18.6. The number of carbonyl (C=O) groups excluding carboxylic acids is 1. The number of nitrogens with one attached hydrogen (secondary N) is 2. The number of unbranched alkanes of at least 4 members (excludes halogenated alkanes) is 5. The molecule has 0 radical (unpaired) electrons. The molecule has 0 aromatic rings. The molecule has 0 spiro atoms. The molecule has 6 nitrogen and oxygen atoms in total. The zero-order valence-electron chi connectivity index (χ0n) is 17.8. The van der Waals surface area contributed by atoms with E-state index in [9.17, 15) is 9.59 Å². The number of hydrogen-bond acceptors (Lipinski definition) is 4. The van der Waals surface area contributed by atoms with Gasteiger partial charge in [-0.25, -0.2) is 0 Å². The maximum absolute atomic E-state index is 12.2. The molecule has 166 valence electrons. The Balaban J connectivity index is 1.63. The predicted octanol–water partition coefficient (Wildman–Crippen LogP) is 3.82. The van der Waals surface area contributed by atoms with Gasteiger partial charge in [-0.15, -0.1) is 0 Å². The van der Waals surface area contributed by atoms with Gasteiger partial charge in [0.05, 0.1) is 23.7 Å². The summed E-state index contributed by atoms with van der Waals surface area (Å²) in [5.74, 6) is 0.196. The van der Waals surface area contributed by atoms with E-state index in [0.717, 1.165) is 69.2 Å². The number of amides is 1. The molecular formula is C22H38N2O4S. The van der Waals surface area contributed by atoms with Crippen LogP contribution in [0.1, 0.15) is 84.0 Å². The van der Waals surface area contributed by atoms with Gasteiger partial charge in [0.2, 0.25) is 5.91 Å². The minimum Gasteiger partial charge on any atom is -0.481 e. The monoisotopic (exact) mass is 426 g/mol. The zero-order chi connectivity index (χ0) is 21.1. The molecule has 2 aliphatic rings. The van der Waals surface area contributed by atoms with Gasteiger partial charge in [-0.3, -0.25) is 9.59 Å². The van der Waals surface area contributed by atoms with Crippen molar-refractivity contribution in [2.75, 3.05) is 13.1 Å². The summed E-state index contributed by atoms with van der Waals surface area (Å²) in [6.07, 6.45) is 12.4. The van der Waals surface area contributed by atoms with Crippen molar-refractivity contribution >= 4 is 29.1 Å². The molecule has 2 rings (SSSR count). The molecule has 0 aliphatic carbocycles. The summed E-state index contributed by atoms with van der Waals surface area (Å²) in [4.78, 5) is 23.6. The topological polar surface area (TPSA) is 87.7 Å². The Kier molecular flexibility index (Phi) is 10.9. The Hall–Kier alpha value is -1.21. The third kappa shape index (κ3) is 8.59. The van der Waals surface area contributed by atoms with E-state index in [2.05, 4.69) is 17.6 Å². The lowest BCUT2D eigenvalue weighted by Crippen LogP contribution is -2.42. The van der Waals surface area contributed by atoms with Crippen LogP contribution in [-0.4, -0.2) is 47.3 Å². The molecule has 1 amide bonds. The van der Waals surface area contributed by atoms with E-state index >= 15 is 0 Å². The second-order valence-corrected chi connectivity index (χ2v) is 9.00. The standard InChI is InChI=1S/C22H38N2O4S/c1-2-3-6-10-21(29)24-15-20(25)23-14-17-16(18-12-13-19(17)28-18)9-7-4-5-8-11-22(26)27/h16-19H,2-15H2,1H3,(H,23,25)(H,24,29)(H,26,27)/t16-,17+,18-,19+/m1/s1. The highest BCUT2D eigenvalue weighted by atomic mass is 32.1. The van der Waals surface area contributed by atoms with Crippen LogP contribution in [0.15, 0.2) is 0 Å². The average Bonchev–Trinajstić information content (AvgIpc) is 3.29. The Labute approximate surface area is 180 Å². The van der Waals surface area contributed by atoms with Gasteiger partial charge in [-0.05, 0) is 44.4 Å². The van der Waals surface area contributed by atoms with Crippen molar-refractivity contribution in [2.24, 2.45) is 11.8 Å². The van der Waals surface area contributed by atoms with Crippen molar-refractivity contribution in [2.45, 2.75) is 96.2 Å². The van der Waals surface area contributed by atoms with Crippen molar-refractivity contribution in [1.82, 2.24) is 10.6 Å². The van der Waals surface area contributed by atoms with Gasteiger partial charge >= 0.3 is 5.97 Å². The summed E-state index contributed by atoms with van der Waals surface area (Å²) < 4.78 is 6.13. The van der Waals surface area contributed by atoms with Gasteiger partial charge in [0, 0.05) is 18.9 Å². The molecule has 3 N–H and O–H groups in total. The highest BCUT2D eigenvalue weighted by Gasteiger charge is 2.48. The molecule has 2 saturated heterocycles. The first kappa shape index (κ1) is 24.1. The molecular weight excluding hydrogens is 388 g/mol. The van der Waals surface area contributed by atoms with Crippen LogP contribution in [0.2, 0.25) is 0 Å². The average molecular weight is 427 g/mol. The van der Waals surface area contributed by atoms with E-state index in [4.69, 9.17) is 22.1 Å².